The number of para-hydroxylation sites is 1. The van der Waals surface area contributed by atoms with Crippen LogP contribution in [0.2, 0.25) is 0 Å². The van der Waals surface area contributed by atoms with Gasteiger partial charge in [-0.05, 0) is 31.5 Å². The first-order valence-electron chi connectivity index (χ1n) is 9.76. The molecule has 0 aliphatic rings. The summed E-state index contributed by atoms with van der Waals surface area (Å²) in [4.78, 5) is 37.2. The van der Waals surface area contributed by atoms with Crippen molar-refractivity contribution >= 4 is 17.6 Å². The molecule has 2 aromatic rings. The van der Waals surface area contributed by atoms with Crippen LogP contribution in [0.25, 0.3) is 0 Å². The second-order valence-corrected chi connectivity index (χ2v) is 7.02. The monoisotopic (exact) mass is 412 g/mol. The van der Waals surface area contributed by atoms with Gasteiger partial charge in [-0.25, -0.2) is 0 Å². The molecule has 160 valence electrons. The third kappa shape index (κ3) is 6.62. The largest absolute Gasteiger partial charge is 0.484 e. The number of hydrogen-bond donors (Lipinski definition) is 1. The molecule has 0 heterocycles. The van der Waals surface area contributed by atoms with E-state index in [4.69, 9.17) is 9.47 Å². The molecule has 7 heteroatoms. The van der Waals surface area contributed by atoms with Gasteiger partial charge in [-0.15, -0.1) is 0 Å². The van der Waals surface area contributed by atoms with Gasteiger partial charge in [0.15, 0.2) is 19.0 Å². The molecular weight excluding hydrogens is 384 g/mol. The highest BCUT2D eigenvalue weighted by Crippen LogP contribution is 2.27. The fourth-order valence-corrected chi connectivity index (χ4v) is 2.76. The topological polar surface area (TPSA) is 84.9 Å². The highest BCUT2D eigenvalue weighted by atomic mass is 16.5. The Balaban J connectivity index is 2.01. The summed E-state index contributed by atoms with van der Waals surface area (Å²) in [6, 6.07) is 13.7. The van der Waals surface area contributed by atoms with Crippen molar-refractivity contribution in [3.63, 3.8) is 0 Å². The van der Waals surface area contributed by atoms with Gasteiger partial charge >= 0.3 is 0 Å². The summed E-state index contributed by atoms with van der Waals surface area (Å²) in [5, 5.41) is 2.94. The lowest BCUT2D eigenvalue weighted by atomic mass is 10.0. The first-order chi connectivity index (χ1) is 14.3. The number of amides is 2. The lowest BCUT2D eigenvalue weighted by molar-refractivity contribution is -0.130. The number of carbonyl (C=O) groups is 3. The Morgan fingerprint density at radius 3 is 2.40 bits per heavy atom. The molecule has 2 rings (SSSR count). The predicted octanol–water partition coefficient (Wildman–Crippen LogP) is 3.00. The van der Waals surface area contributed by atoms with E-state index < -0.39 is 0 Å². The van der Waals surface area contributed by atoms with Crippen molar-refractivity contribution < 1.29 is 23.9 Å². The summed E-state index contributed by atoms with van der Waals surface area (Å²) < 4.78 is 11.2. The van der Waals surface area contributed by atoms with Crippen LogP contribution >= 0.6 is 0 Å². The molecule has 0 saturated carbocycles. The smallest absolute Gasteiger partial charge is 0.259 e. The molecule has 0 aliphatic carbocycles. The van der Waals surface area contributed by atoms with Gasteiger partial charge in [-0.3, -0.25) is 14.4 Å². The van der Waals surface area contributed by atoms with E-state index in [2.05, 4.69) is 5.32 Å². The standard InChI is InChI=1S/C23H28N2O5/c1-5-20(19-11-6-7-12-21(19)30-15-23(28)25(3)4)24-22(27)14-29-18-10-8-9-17(13-18)16(2)26/h6-13,20H,5,14-15H2,1-4H3,(H,24,27). The number of hydrogen-bond acceptors (Lipinski definition) is 5. The minimum absolute atomic E-state index is 0.0692. The Kier molecular flexibility index (Phi) is 8.41. The number of benzene rings is 2. The van der Waals surface area contributed by atoms with Crippen LogP contribution in [-0.4, -0.2) is 49.8 Å². The molecule has 0 bridgehead atoms. The summed E-state index contributed by atoms with van der Waals surface area (Å²) in [6.07, 6.45) is 0.633. The van der Waals surface area contributed by atoms with Gasteiger partial charge in [0.2, 0.25) is 0 Å². The van der Waals surface area contributed by atoms with E-state index in [9.17, 15) is 14.4 Å². The summed E-state index contributed by atoms with van der Waals surface area (Å²) in [5.74, 6) is 0.490. The SMILES string of the molecule is CCC(NC(=O)COc1cccc(C(C)=O)c1)c1ccccc1OCC(=O)N(C)C. The predicted molar refractivity (Wildman–Crippen MR) is 114 cm³/mol. The molecule has 0 saturated heterocycles. The average molecular weight is 412 g/mol. The van der Waals surface area contributed by atoms with Crippen molar-refractivity contribution in [2.75, 3.05) is 27.3 Å². The molecule has 30 heavy (non-hydrogen) atoms. The molecule has 0 spiro atoms. The summed E-state index contributed by atoms with van der Waals surface area (Å²) >= 11 is 0. The zero-order valence-electron chi connectivity index (χ0n) is 17.8. The Hall–Kier alpha value is -3.35. The van der Waals surface area contributed by atoms with Crippen LogP contribution in [0.5, 0.6) is 11.5 Å². The van der Waals surface area contributed by atoms with E-state index in [1.54, 1.807) is 44.4 Å². The highest BCUT2D eigenvalue weighted by Gasteiger charge is 2.18. The van der Waals surface area contributed by atoms with Crippen molar-refractivity contribution in [1.29, 1.82) is 0 Å². The van der Waals surface area contributed by atoms with E-state index >= 15 is 0 Å². The molecule has 1 N–H and O–H groups in total. The summed E-state index contributed by atoms with van der Waals surface area (Å²) in [5.41, 5.74) is 1.32. The van der Waals surface area contributed by atoms with Gasteiger partial charge in [0, 0.05) is 25.2 Å². The van der Waals surface area contributed by atoms with E-state index in [1.165, 1.54) is 11.8 Å². The molecule has 0 radical (unpaired) electrons. The molecule has 7 nitrogen and oxygen atoms in total. The Morgan fingerprint density at radius 1 is 1.00 bits per heavy atom. The zero-order valence-corrected chi connectivity index (χ0v) is 17.8. The van der Waals surface area contributed by atoms with Crippen LogP contribution in [0.3, 0.4) is 0 Å². The highest BCUT2D eigenvalue weighted by molar-refractivity contribution is 5.94. The number of rotatable bonds is 10. The zero-order chi connectivity index (χ0) is 22.1. The number of likely N-dealkylation sites (N-methyl/N-ethyl adjacent to an activating group) is 1. The first kappa shape index (κ1) is 22.9. The maximum absolute atomic E-state index is 12.4. The number of ketones is 1. The Labute approximate surface area is 177 Å². The minimum Gasteiger partial charge on any atom is -0.484 e. The van der Waals surface area contributed by atoms with Crippen LogP contribution in [0.4, 0.5) is 0 Å². The molecule has 0 aliphatic heterocycles. The summed E-state index contributed by atoms with van der Waals surface area (Å²) in [6.45, 7) is 3.16. The van der Waals surface area contributed by atoms with E-state index in [-0.39, 0.29) is 36.9 Å². The maximum atomic E-state index is 12.4. The van der Waals surface area contributed by atoms with Gasteiger partial charge in [-0.2, -0.15) is 0 Å². The number of nitrogens with one attached hydrogen (secondary N) is 1. The van der Waals surface area contributed by atoms with Gasteiger partial charge in [-0.1, -0.05) is 37.3 Å². The molecule has 2 aromatic carbocycles. The lowest BCUT2D eigenvalue weighted by Gasteiger charge is -2.21. The normalized spacial score (nSPS) is 11.3. The molecule has 1 unspecified atom stereocenters. The number of Topliss-reactive ketones (excluding diaryl/α,β-unsaturated/α-hetero) is 1. The van der Waals surface area contributed by atoms with Gasteiger partial charge in [0.05, 0.1) is 6.04 Å². The second kappa shape index (κ2) is 11.0. The minimum atomic E-state index is -0.297. The average Bonchev–Trinajstić information content (AvgIpc) is 2.74. The van der Waals surface area contributed by atoms with Crippen molar-refractivity contribution in [2.45, 2.75) is 26.3 Å². The Morgan fingerprint density at radius 2 is 1.73 bits per heavy atom. The third-order valence-electron chi connectivity index (χ3n) is 4.50. The molecule has 0 fully saturated rings. The Bertz CT molecular complexity index is 895. The first-order valence-corrected chi connectivity index (χ1v) is 9.76. The van der Waals surface area contributed by atoms with Crippen LogP contribution in [0.1, 0.15) is 42.2 Å². The molecule has 1 atom stereocenters. The van der Waals surface area contributed by atoms with Crippen LogP contribution in [-0.2, 0) is 9.59 Å². The van der Waals surface area contributed by atoms with Crippen LogP contribution in [0.15, 0.2) is 48.5 Å². The number of ether oxygens (including phenoxy) is 2. The van der Waals surface area contributed by atoms with Crippen molar-refractivity contribution in [3.8, 4) is 11.5 Å². The molecular formula is C23H28N2O5. The van der Waals surface area contributed by atoms with E-state index in [0.717, 1.165) is 5.56 Å². The van der Waals surface area contributed by atoms with Gasteiger partial charge in [0.1, 0.15) is 11.5 Å². The fourth-order valence-electron chi connectivity index (χ4n) is 2.76. The number of carbonyl (C=O) groups excluding carboxylic acids is 3. The fraction of sp³-hybridized carbons (Fsp3) is 0.348. The lowest BCUT2D eigenvalue weighted by Crippen LogP contribution is -2.33. The quantitative estimate of drug-likeness (QED) is 0.607. The van der Waals surface area contributed by atoms with Gasteiger partial charge in [0.25, 0.3) is 11.8 Å². The second-order valence-electron chi connectivity index (χ2n) is 7.02. The van der Waals surface area contributed by atoms with Crippen LogP contribution in [0, 0.1) is 0 Å². The molecule has 2 amide bonds. The third-order valence-corrected chi connectivity index (χ3v) is 4.50. The van der Waals surface area contributed by atoms with Crippen molar-refractivity contribution in [1.82, 2.24) is 10.2 Å². The van der Waals surface area contributed by atoms with E-state index in [0.29, 0.717) is 23.5 Å². The van der Waals surface area contributed by atoms with Crippen LogP contribution < -0.4 is 14.8 Å². The van der Waals surface area contributed by atoms with Crippen molar-refractivity contribution in [3.05, 3.63) is 59.7 Å². The van der Waals surface area contributed by atoms with Gasteiger partial charge < -0.3 is 19.7 Å². The number of nitrogens with zero attached hydrogens (tertiary/aromatic N) is 1. The van der Waals surface area contributed by atoms with E-state index in [1.807, 2.05) is 25.1 Å². The van der Waals surface area contributed by atoms with Crippen molar-refractivity contribution in [2.24, 2.45) is 0 Å². The summed E-state index contributed by atoms with van der Waals surface area (Å²) in [7, 11) is 3.33. The maximum Gasteiger partial charge on any atom is 0.259 e. The molecule has 0 aromatic heterocycles.